The van der Waals surface area contributed by atoms with Crippen molar-refractivity contribution in [3.63, 3.8) is 0 Å². The highest BCUT2D eigenvalue weighted by atomic mass is 32.1. The molecule has 2 rings (SSSR count). The van der Waals surface area contributed by atoms with Crippen LogP contribution >= 0.6 is 11.3 Å². The molecule has 1 heterocycles. The van der Waals surface area contributed by atoms with Crippen LogP contribution in [-0.4, -0.2) is 5.54 Å². The van der Waals surface area contributed by atoms with Gasteiger partial charge in [-0.05, 0) is 49.6 Å². The maximum absolute atomic E-state index is 6.11. The molecule has 66 valence electrons. The Balaban J connectivity index is 2.37. The highest BCUT2D eigenvalue weighted by Crippen LogP contribution is 2.32. The largest absolute Gasteiger partial charge is 0.325 e. The van der Waals surface area contributed by atoms with Crippen LogP contribution in [0.25, 0.3) is 0 Å². The molecule has 2 N–H and O–H groups in total. The maximum atomic E-state index is 6.11. The van der Waals surface area contributed by atoms with Gasteiger partial charge in [0.2, 0.25) is 0 Å². The van der Waals surface area contributed by atoms with Gasteiger partial charge in [-0.25, -0.2) is 0 Å². The lowest BCUT2D eigenvalue weighted by molar-refractivity contribution is 0.409. The van der Waals surface area contributed by atoms with Crippen molar-refractivity contribution in [1.29, 1.82) is 0 Å². The summed E-state index contributed by atoms with van der Waals surface area (Å²) in [5.41, 5.74) is 9.22. The fourth-order valence-corrected chi connectivity index (χ4v) is 2.87. The Hall–Kier alpha value is -0.340. The third-order valence-corrected chi connectivity index (χ3v) is 3.73. The highest BCUT2D eigenvalue weighted by molar-refractivity contribution is 7.10. The summed E-state index contributed by atoms with van der Waals surface area (Å²) in [6.07, 6.45) is 3.38. The molecule has 12 heavy (non-hydrogen) atoms. The molecule has 1 aliphatic carbocycles. The van der Waals surface area contributed by atoms with E-state index in [4.69, 9.17) is 5.73 Å². The quantitative estimate of drug-likeness (QED) is 0.653. The Bertz CT molecular complexity index is 299. The van der Waals surface area contributed by atoms with Gasteiger partial charge in [-0.15, -0.1) is 11.3 Å². The zero-order valence-corrected chi connectivity index (χ0v) is 8.50. The molecule has 0 fully saturated rings. The van der Waals surface area contributed by atoms with Gasteiger partial charge in [0.25, 0.3) is 0 Å². The van der Waals surface area contributed by atoms with Crippen LogP contribution in [0.15, 0.2) is 5.38 Å². The Morgan fingerprint density at radius 1 is 1.58 bits per heavy atom. The third kappa shape index (κ3) is 1.29. The summed E-state index contributed by atoms with van der Waals surface area (Å²) in [5.74, 6) is 0. The Morgan fingerprint density at radius 3 is 3.08 bits per heavy atom. The van der Waals surface area contributed by atoms with Crippen molar-refractivity contribution < 1.29 is 0 Å². The second-order valence-electron chi connectivity index (χ2n) is 4.13. The number of hydrogen-bond acceptors (Lipinski definition) is 2. The van der Waals surface area contributed by atoms with E-state index in [2.05, 4.69) is 19.2 Å². The van der Waals surface area contributed by atoms with Gasteiger partial charge in [0.1, 0.15) is 0 Å². The van der Waals surface area contributed by atoms with Gasteiger partial charge in [-0.1, -0.05) is 0 Å². The molecule has 0 aromatic carbocycles. The molecular weight excluding hydrogens is 166 g/mol. The first-order valence-corrected chi connectivity index (χ1v) is 5.31. The molecule has 0 aliphatic heterocycles. The minimum atomic E-state index is 0.0422. The van der Waals surface area contributed by atoms with Gasteiger partial charge < -0.3 is 5.73 Å². The fraction of sp³-hybridized carbons (Fsp3) is 0.600. The van der Waals surface area contributed by atoms with Crippen LogP contribution in [0.3, 0.4) is 0 Å². The topological polar surface area (TPSA) is 26.0 Å². The first-order valence-electron chi connectivity index (χ1n) is 4.43. The molecule has 1 aromatic heterocycles. The van der Waals surface area contributed by atoms with E-state index in [9.17, 15) is 0 Å². The predicted molar refractivity (Wildman–Crippen MR) is 53.7 cm³/mol. The van der Waals surface area contributed by atoms with Gasteiger partial charge in [-0.3, -0.25) is 0 Å². The number of rotatable bonds is 0. The number of thiophene rings is 1. The first kappa shape index (κ1) is 8.27. The van der Waals surface area contributed by atoms with Crippen molar-refractivity contribution in [2.75, 3.05) is 0 Å². The zero-order valence-electron chi connectivity index (χ0n) is 7.68. The maximum Gasteiger partial charge on any atom is 0.0170 e. The molecule has 0 bridgehead atoms. The van der Waals surface area contributed by atoms with Gasteiger partial charge >= 0.3 is 0 Å². The Labute approximate surface area is 77.6 Å². The minimum Gasteiger partial charge on any atom is -0.325 e. The molecule has 1 atom stereocenters. The van der Waals surface area contributed by atoms with Crippen molar-refractivity contribution in [3.8, 4) is 0 Å². The van der Waals surface area contributed by atoms with Crippen LogP contribution in [-0.2, 0) is 12.8 Å². The third-order valence-electron chi connectivity index (χ3n) is 2.73. The molecule has 0 saturated heterocycles. The monoisotopic (exact) mass is 181 g/mol. The molecule has 0 saturated carbocycles. The summed E-state index contributed by atoms with van der Waals surface area (Å²) in [4.78, 5) is 1.49. The average molecular weight is 181 g/mol. The Kier molecular flexibility index (Phi) is 1.77. The molecule has 0 radical (unpaired) electrons. The van der Waals surface area contributed by atoms with E-state index < -0.39 is 0 Å². The smallest absolute Gasteiger partial charge is 0.0170 e. The number of aryl methyl sites for hydroxylation is 1. The van der Waals surface area contributed by atoms with Crippen LogP contribution in [0.5, 0.6) is 0 Å². The van der Waals surface area contributed by atoms with Gasteiger partial charge in [0, 0.05) is 10.4 Å². The second kappa shape index (κ2) is 2.57. The van der Waals surface area contributed by atoms with Gasteiger partial charge in [-0.2, -0.15) is 0 Å². The highest BCUT2D eigenvalue weighted by Gasteiger charge is 2.26. The standard InChI is InChI=1S/C10H15NS/c1-7-9-3-4-10(2,11)5-8(9)6-12-7/h6H,3-5,11H2,1-2H3. The summed E-state index contributed by atoms with van der Waals surface area (Å²) in [6, 6.07) is 0. The number of fused-ring (bicyclic) bond motifs is 1. The zero-order chi connectivity index (χ0) is 8.77. The van der Waals surface area contributed by atoms with Crippen LogP contribution in [0.2, 0.25) is 0 Å². The van der Waals surface area contributed by atoms with E-state index in [1.165, 1.54) is 16.9 Å². The van der Waals surface area contributed by atoms with E-state index in [1.807, 2.05) is 11.3 Å². The first-order chi connectivity index (χ1) is 5.58. The van der Waals surface area contributed by atoms with Crippen molar-refractivity contribution in [2.45, 2.75) is 38.6 Å². The van der Waals surface area contributed by atoms with Crippen LogP contribution in [0.1, 0.15) is 29.3 Å². The lowest BCUT2D eigenvalue weighted by atomic mass is 9.81. The number of hydrogen-bond donors (Lipinski definition) is 1. The minimum absolute atomic E-state index is 0.0422. The number of nitrogens with two attached hydrogens (primary N) is 1. The molecule has 1 unspecified atom stereocenters. The van der Waals surface area contributed by atoms with Crippen LogP contribution < -0.4 is 5.73 Å². The van der Waals surface area contributed by atoms with E-state index in [0.29, 0.717) is 0 Å². The molecule has 1 nitrogen and oxygen atoms in total. The van der Waals surface area contributed by atoms with Crippen LogP contribution in [0.4, 0.5) is 0 Å². The van der Waals surface area contributed by atoms with Crippen molar-refractivity contribution >= 4 is 11.3 Å². The normalized spacial score (nSPS) is 28.6. The summed E-state index contributed by atoms with van der Waals surface area (Å²) in [5, 5.41) is 2.27. The van der Waals surface area contributed by atoms with Crippen molar-refractivity contribution in [2.24, 2.45) is 5.73 Å². The molecule has 0 spiro atoms. The lowest BCUT2D eigenvalue weighted by Gasteiger charge is -2.29. The Morgan fingerprint density at radius 2 is 2.33 bits per heavy atom. The van der Waals surface area contributed by atoms with E-state index in [-0.39, 0.29) is 5.54 Å². The summed E-state index contributed by atoms with van der Waals surface area (Å²) >= 11 is 1.87. The molecular formula is C10H15NS. The van der Waals surface area contributed by atoms with E-state index in [0.717, 1.165) is 12.8 Å². The van der Waals surface area contributed by atoms with Crippen molar-refractivity contribution in [3.05, 3.63) is 21.4 Å². The molecule has 0 amide bonds. The summed E-state index contributed by atoms with van der Waals surface area (Å²) in [6.45, 7) is 4.37. The van der Waals surface area contributed by atoms with Gasteiger partial charge in [0.15, 0.2) is 0 Å². The average Bonchev–Trinajstić information content (AvgIpc) is 2.30. The molecule has 2 heteroatoms. The second-order valence-corrected chi connectivity index (χ2v) is 5.21. The van der Waals surface area contributed by atoms with Gasteiger partial charge in [0.05, 0.1) is 0 Å². The molecule has 1 aromatic rings. The molecule has 1 aliphatic rings. The van der Waals surface area contributed by atoms with E-state index in [1.54, 1.807) is 5.56 Å². The fourth-order valence-electron chi connectivity index (χ4n) is 1.95. The van der Waals surface area contributed by atoms with E-state index >= 15 is 0 Å². The predicted octanol–water partition coefficient (Wildman–Crippen LogP) is 2.26. The van der Waals surface area contributed by atoms with Crippen LogP contribution in [0, 0.1) is 6.92 Å². The summed E-state index contributed by atoms with van der Waals surface area (Å²) in [7, 11) is 0. The van der Waals surface area contributed by atoms with Crippen molar-refractivity contribution in [1.82, 2.24) is 0 Å². The lowest BCUT2D eigenvalue weighted by Crippen LogP contribution is -2.41. The SMILES string of the molecule is Cc1scc2c1CCC(C)(N)C2. The summed E-state index contributed by atoms with van der Waals surface area (Å²) < 4.78 is 0.